The van der Waals surface area contributed by atoms with Crippen molar-refractivity contribution in [2.45, 2.75) is 24.7 Å². The molecule has 0 spiro atoms. The summed E-state index contributed by atoms with van der Waals surface area (Å²) in [6.07, 6.45) is 2.44. The zero-order valence-electron chi connectivity index (χ0n) is 14.0. The van der Waals surface area contributed by atoms with Gasteiger partial charge in [0, 0.05) is 25.0 Å². The van der Waals surface area contributed by atoms with E-state index in [0.29, 0.717) is 18.4 Å². The van der Waals surface area contributed by atoms with Gasteiger partial charge in [-0.25, -0.2) is 13.4 Å². The second kappa shape index (κ2) is 6.78. The minimum atomic E-state index is -3.42. The Labute approximate surface area is 151 Å². The zero-order valence-corrected chi connectivity index (χ0v) is 15.6. The maximum atomic E-state index is 11.9. The lowest BCUT2D eigenvalue weighted by molar-refractivity contribution is 0.299. The number of aliphatic hydroxyl groups is 1. The molecule has 5 nitrogen and oxygen atoms in total. The van der Waals surface area contributed by atoms with Gasteiger partial charge in [0.1, 0.15) is 5.82 Å². The van der Waals surface area contributed by atoms with E-state index in [1.165, 1.54) is 6.07 Å². The number of aliphatic hydroxyl groups excluding tert-OH is 1. The van der Waals surface area contributed by atoms with Crippen LogP contribution in [0.25, 0.3) is 16.7 Å². The number of aromatic nitrogens is 2. The molecular formula is C18H19ClN2O3S. The lowest BCUT2D eigenvalue weighted by Gasteiger charge is -2.10. The number of fused-ring (bicyclic) bond motifs is 1. The second-order valence-corrected chi connectivity index (χ2v) is 8.29. The molecule has 2 aromatic carbocycles. The smallest absolute Gasteiger partial charge is 0.177 e. The molecule has 7 heteroatoms. The van der Waals surface area contributed by atoms with Crippen LogP contribution in [0.4, 0.5) is 0 Å². The van der Waals surface area contributed by atoms with Gasteiger partial charge in [-0.1, -0.05) is 30.7 Å². The standard InChI is InChI=1S/C18H19ClN2O3S/c1-3-18-20-15-11-17(25(2,23)24)14(19)10-16(15)21(18)13-6-4-12(5-7-13)8-9-22/h4-7,10-11,22H,3,8-9H2,1-2H3. The summed E-state index contributed by atoms with van der Waals surface area (Å²) in [6, 6.07) is 11.0. The van der Waals surface area contributed by atoms with Crippen LogP contribution >= 0.6 is 11.6 Å². The van der Waals surface area contributed by atoms with Crippen molar-refractivity contribution in [1.29, 1.82) is 0 Å². The van der Waals surface area contributed by atoms with E-state index in [-0.39, 0.29) is 16.5 Å². The van der Waals surface area contributed by atoms with E-state index in [1.807, 2.05) is 35.8 Å². The average Bonchev–Trinajstić information content (AvgIpc) is 2.92. The molecule has 0 saturated heterocycles. The van der Waals surface area contributed by atoms with Gasteiger partial charge < -0.3 is 5.11 Å². The van der Waals surface area contributed by atoms with Crippen molar-refractivity contribution in [3.05, 3.63) is 52.8 Å². The Balaban J connectivity index is 2.22. The minimum Gasteiger partial charge on any atom is -0.396 e. The fourth-order valence-corrected chi connectivity index (χ4v) is 4.20. The number of aryl methyl sites for hydroxylation is 1. The quantitative estimate of drug-likeness (QED) is 0.740. The topological polar surface area (TPSA) is 72.2 Å². The molecule has 1 heterocycles. The number of nitrogens with zero attached hydrogens (tertiary/aromatic N) is 2. The van der Waals surface area contributed by atoms with Crippen LogP contribution < -0.4 is 0 Å². The van der Waals surface area contributed by atoms with Crippen LogP contribution in [0.2, 0.25) is 5.02 Å². The summed E-state index contributed by atoms with van der Waals surface area (Å²) in [5.41, 5.74) is 3.33. The predicted octanol–water partition coefficient (Wildman–Crippen LogP) is 3.18. The Morgan fingerprint density at radius 2 is 1.88 bits per heavy atom. The Morgan fingerprint density at radius 3 is 2.44 bits per heavy atom. The molecule has 0 atom stereocenters. The van der Waals surface area contributed by atoms with Gasteiger partial charge in [0.15, 0.2) is 9.84 Å². The van der Waals surface area contributed by atoms with Gasteiger partial charge in [-0.15, -0.1) is 0 Å². The maximum absolute atomic E-state index is 11.9. The highest BCUT2D eigenvalue weighted by atomic mass is 35.5. The Morgan fingerprint density at radius 1 is 1.20 bits per heavy atom. The first-order valence-corrected chi connectivity index (χ1v) is 10.2. The first-order chi connectivity index (χ1) is 11.8. The van der Waals surface area contributed by atoms with Crippen LogP contribution in [0.5, 0.6) is 0 Å². The molecule has 0 unspecified atom stereocenters. The highest BCUT2D eigenvalue weighted by Crippen LogP contribution is 2.30. The Hall–Kier alpha value is -1.89. The van der Waals surface area contributed by atoms with Crippen molar-refractivity contribution in [2.75, 3.05) is 12.9 Å². The summed E-state index contributed by atoms with van der Waals surface area (Å²) >= 11 is 6.22. The van der Waals surface area contributed by atoms with Gasteiger partial charge in [0.25, 0.3) is 0 Å². The average molecular weight is 379 g/mol. The third-order valence-electron chi connectivity index (χ3n) is 4.09. The van der Waals surface area contributed by atoms with E-state index in [1.54, 1.807) is 6.07 Å². The molecule has 0 aliphatic heterocycles. The first-order valence-electron chi connectivity index (χ1n) is 7.96. The maximum Gasteiger partial charge on any atom is 0.177 e. The van der Waals surface area contributed by atoms with Crippen molar-refractivity contribution in [3.63, 3.8) is 0 Å². The molecule has 3 rings (SSSR count). The van der Waals surface area contributed by atoms with Gasteiger partial charge in [-0.05, 0) is 36.2 Å². The molecular weight excluding hydrogens is 360 g/mol. The fraction of sp³-hybridized carbons (Fsp3) is 0.278. The molecule has 0 bridgehead atoms. The third kappa shape index (κ3) is 3.42. The minimum absolute atomic E-state index is 0.0901. The lowest BCUT2D eigenvalue weighted by atomic mass is 10.1. The number of imidazole rings is 1. The molecule has 0 saturated carbocycles. The Kier molecular flexibility index (Phi) is 4.86. The van der Waals surface area contributed by atoms with Gasteiger partial charge in [-0.2, -0.15) is 0 Å². The van der Waals surface area contributed by atoms with Crippen molar-refractivity contribution in [1.82, 2.24) is 9.55 Å². The summed E-state index contributed by atoms with van der Waals surface area (Å²) in [4.78, 5) is 4.67. The van der Waals surface area contributed by atoms with E-state index >= 15 is 0 Å². The number of sulfone groups is 1. The summed E-state index contributed by atoms with van der Waals surface area (Å²) < 4.78 is 25.8. The molecule has 0 amide bonds. The number of hydrogen-bond acceptors (Lipinski definition) is 4. The van der Waals surface area contributed by atoms with Crippen LogP contribution in [-0.4, -0.2) is 35.9 Å². The van der Waals surface area contributed by atoms with Crippen molar-refractivity contribution in [3.8, 4) is 5.69 Å². The highest BCUT2D eigenvalue weighted by molar-refractivity contribution is 7.90. The lowest BCUT2D eigenvalue weighted by Crippen LogP contribution is -2.01. The van der Waals surface area contributed by atoms with Gasteiger partial charge in [0.05, 0.1) is 21.0 Å². The summed E-state index contributed by atoms with van der Waals surface area (Å²) in [5, 5.41) is 9.23. The SMILES string of the molecule is CCc1nc2cc(S(C)(=O)=O)c(Cl)cc2n1-c1ccc(CCO)cc1. The highest BCUT2D eigenvalue weighted by Gasteiger charge is 2.18. The first kappa shape index (κ1) is 17.9. The molecule has 132 valence electrons. The van der Waals surface area contributed by atoms with Gasteiger partial charge in [0.2, 0.25) is 0 Å². The monoisotopic (exact) mass is 378 g/mol. The largest absolute Gasteiger partial charge is 0.396 e. The van der Waals surface area contributed by atoms with Gasteiger partial charge >= 0.3 is 0 Å². The summed E-state index contributed by atoms with van der Waals surface area (Å²) in [7, 11) is -3.42. The van der Waals surface area contributed by atoms with Crippen molar-refractivity contribution < 1.29 is 13.5 Å². The molecule has 1 N–H and O–H groups in total. The van der Waals surface area contributed by atoms with E-state index in [2.05, 4.69) is 4.98 Å². The van der Waals surface area contributed by atoms with Crippen LogP contribution in [0.3, 0.4) is 0 Å². The normalized spacial score (nSPS) is 12.0. The molecule has 0 aliphatic rings. The van der Waals surface area contributed by atoms with Crippen LogP contribution in [-0.2, 0) is 22.7 Å². The molecule has 1 aromatic heterocycles. The van der Waals surface area contributed by atoms with E-state index in [9.17, 15) is 8.42 Å². The fourth-order valence-electron chi connectivity index (χ4n) is 2.88. The van der Waals surface area contributed by atoms with Gasteiger partial charge in [-0.3, -0.25) is 4.57 Å². The third-order valence-corrected chi connectivity index (χ3v) is 5.65. The molecule has 0 aliphatic carbocycles. The van der Waals surface area contributed by atoms with E-state index in [4.69, 9.17) is 16.7 Å². The number of hydrogen-bond donors (Lipinski definition) is 1. The number of benzene rings is 2. The van der Waals surface area contributed by atoms with Crippen LogP contribution in [0.15, 0.2) is 41.3 Å². The number of halogens is 1. The van der Waals surface area contributed by atoms with E-state index < -0.39 is 9.84 Å². The zero-order chi connectivity index (χ0) is 18.2. The molecule has 3 aromatic rings. The Bertz CT molecular complexity index is 1020. The van der Waals surface area contributed by atoms with Crippen LogP contribution in [0.1, 0.15) is 18.3 Å². The summed E-state index contributed by atoms with van der Waals surface area (Å²) in [5.74, 6) is 0.826. The predicted molar refractivity (Wildman–Crippen MR) is 99.4 cm³/mol. The summed E-state index contributed by atoms with van der Waals surface area (Å²) in [6.45, 7) is 2.11. The van der Waals surface area contributed by atoms with E-state index in [0.717, 1.165) is 28.8 Å². The van der Waals surface area contributed by atoms with Crippen molar-refractivity contribution in [2.24, 2.45) is 0 Å². The molecule has 0 radical (unpaired) electrons. The molecule has 0 fully saturated rings. The van der Waals surface area contributed by atoms with Crippen LogP contribution in [0, 0.1) is 0 Å². The second-order valence-electron chi connectivity index (χ2n) is 5.90. The van der Waals surface area contributed by atoms with Crippen molar-refractivity contribution >= 4 is 32.5 Å². The molecule has 25 heavy (non-hydrogen) atoms. The number of rotatable bonds is 5.